The van der Waals surface area contributed by atoms with Gasteiger partial charge in [0.25, 0.3) is 0 Å². The summed E-state index contributed by atoms with van der Waals surface area (Å²) in [7, 11) is 1.31. The normalized spacial score (nSPS) is 11.8. The van der Waals surface area contributed by atoms with Crippen molar-refractivity contribution in [2.24, 2.45) is 0 Å². The zero-order chi connectivity index (χ0) is 19.2. The number of benzene rings is 1. The van der Waals surface area contributed by atoms with Crippen LogP contribution in [0.3, 0.4) is 0 Å². The zero-order valence-electron chi connectivity index (χ0n) is 15.4. The predicted octanol–water partition coefficient (Wildman–Crippen LogP) is 4.67. The number of pyridine rings is 1. The molecule has 0 N–H and O–H groups in total. The smallest absolute Gasteiger partial charge is 0.339 e. The fourth-order valence-corrected chi connectivity index (χ4v) is 3.27. The van der Waals surface area contributed by atoms with Crippen molar-refractivity contribution < 1.29 is 18.3 Å². The molecule has 0 aliphatic carbocycles. The minimum absolute atomic E-state index is 0.120. The second-order valence-corrected chi connectivity index (χ2v) is 7.19. The van der Waals surface area contributed by atoms with Crippen molar-refractivity contribution in [3.8, 4) is 11.1 Å². The molecule has 26 heavy (non-hydrogen) atoms. The van der Waals surface area contributed by atoms with Crippen molar-refractivity contribution in [1.82, 2.24) is 9.61 Å². The number of rotatable bonds is 2. The number of aryl methyl sites for hydroxylation is 1. The molecule has 0 saturated carbocycles. The van der Waals surface area contributed by atoms with Crippen LogP contribution in [0.15, 0.2) is 30.3 Å². The van der Waals surface area contributed by atoms with Crippen LogP contribution in [0.4, 0.5) is 8.78 Å². The lowest BCUT2D eigenvalue weighted by atomic mass is 9.88. The first kappa shape index (κ1) is 18.0. The number of carbonyl (C=O) groups is 1. The fourth-order valence-electron chi connectivity index (χ4n) is 3.27. The number of halogens is 2. The average Bonchev–Trinajstić information content (AvgIpc) is 2.88. The van der Waals surface area contributed by atoms with Crippen LogP contribution in [0.25, 0.3) is 16.6 Å². The Kier molecular flexibility index (Phi) is 4.30. The molecule has 4 nitrogen and oxygen atoms in total. The Balaban J connectivity index is 2.44. The second-order valence-electron chi connectivity index (χ2n) is 7.19. The molecule has 0 radical (unpaired) electrons. The van der Waals surface area contributed by atoms with Crippen LogP contribution in [0, 0.1) is 18.6 Å². The Morgan fingerprint density at radius 1 is 1.08 bits per heavy atom. The lowest BCUT2D eigenvalue weighted by Crippen LogP contribution is -2.22. The molecule has 3 aromatic rings. The summed E-state index contributed by atoms with van der Waals surface area (Å²) in [6.45, 7) is 7.51. The minimum atomic E-state index is -0.655. The summed E-state index contributed by atoms with van der Waals surface area (Å²) in [5.41, 5.74) is 1.80. The van der Waals surface area contributed by atoms with Gasteiger partial charge in [0.2, 0.25) is 0 Å². The number of nitrogens with zero attached hydrogens (tertiary/aromatic N) is 2. The van der Waals surface area contributed by atoms with E-state index < -0.39 is 23.0 Å². The first-order valence-corrected chi connectivity index (χ1v) is 8.22. The van der Waals surface area contributed by atoms with Gasteiger partial charge in [-0.25, -0.2) is 18.1 Å². The summed E-state index contributed by atoms with van der Waals surface area (Å²) in [5, 5.41) is 4.49. The predicted molar refractivity (Wildman–Crippen MR) is 95.3 cm³/mol. The number of aromatic nitrogens is 2. The summed E-state index contributed by atoms with van der Waals surface area (Å²) in [4.78, 5) is 12.2. The highest BCUT2D eigenvalue weighted by atomic mass is 19.1. The summed E-state index contributed by atoms with van der Waals surface area (Å²) in [5.74, 6) is -1.79. The first-order chi connectivity index (χ1) is 12.2. The van der Waals surface area contributed by atoms with E-state index in [9.17, 15) is 13.6 Å². The number of carbonyl (C=O) groups excluding carboxylic acids is 1. The Labute approximate surface area is 150 Å². The molecular weight excluding hydrogens is 338 g/mol. The summed E-state index contributed by atoms with van der Waals surface area (Å²) in [6, 6.07) is 7.02. The Morgan fingerprint density at radius 3 is 2.23 bits per heavy atom. The fraction of sp³-hybridized carbons (Fsp3) is 0.300. The van der Waals surface area contributed by atoms with Crippen molar-refractivity contribution in [2.75, 3.05) is 7.11 Å². The van der Waals surface area contributed by atoms with Gasteiger partial charge in [0.15, 0.2) is 0 Å². The number of methoxy groups -OCH3 is 1. The zero-order valence-corrected chi connectivity index (χ0v) is 15.4. The molecule has 0 amide bonds. The molecule has 0 fully saturated rings. The quantitative estimate of drug-likeness (QED) is 0.625. The van der Waals surface area contributed by atoms with E-state index in [1.807, 2.05) is 20.8 Å². The maximum atomic E-state index is 14.4. The van der Waals surface area contributed by atoms with Gasteiger partial charge in [0, 0.05) is 11.0 Å². The maximum absolute atomic E-state index is 14.4. The van der Waals surface area contributed by atoms with Crippen molar-refractivity contribution in [1.29, 1.82) is 0 Å². The highest BCUT2D eigenvalue weighted by Crippen LogP contribution is 2.36. The van der Waals surface area contributed by atoms with Gasteiger partial charge in [0.1, 0.15) is 11.6 Å². The molecule has 2 heterocycles. The van der Waals surface area contributed by atoms with E-state index in [0.717, 1.165) is 0 Å². The third-order valence-electron chi connectivity index (χ3n) is 4.30. The number of fused-ring (bicyclic) bond motifs is 1. The minimum Gasteiger partial charge on any atom is -0.465 e. The number of hydrogen-bond acceptors (Lipinski definition) is 3. The van der Waals surface area contributed by atoms with Gasteiger partial charge < -0.3 is 4.74 Å². The van der Waals surface area contributed by atoms with Crippen molar-refractivity contribution in [2.45, 2.75) is 33.1 Å². The van der Waals surface area contributed by atoms with Gasteiger partial charge in [-0.1, -0.05) is 26.8 Å². The molecule has 3 rings (SSSR count). The lowest BCUT2D eigenvalue weighted by molar-refractivity contribution is 0.0596. The third kappa shape index (κ3) is 2.75. The van der Waals surface area contributed by atoms with Gasteiger partial charge in [-0.3, -0.25) is 0 Å². The molecule has 0 atom stereocenters. The molecule has 136 valence electrons. The monoisotopic (exact) mass is 358 g/mol. The van der Waals surface area contributed by atoms with Gasteiger partial charge in [-0.15, -0.1) is 0 Å². The number of ether oxygens (including phenoxy) is 1. The van der Waals surface area contributed by atoms with E-state index in [0.29, 0.717) is 28.0 Å². The van der Waals surface area contributed by atoms with Gasteiger partial charge >= 0.3 is 5.97 Å². The molecule has 0 unspecified atom stereocenters. The van der Waals surface area contributed by atoms with E-state index in [1.54, 1.807) is 23.6 Å². The molecule has 1 aromatic carbocycles. The topological polar surface area (TPSA) is 43.6 Å². The standard InChI is InChI=1S/C20H20F2N2O2/c1-11-16(17-13(21)7-6-8-14(17)22)15-10-9-12(19(25)26-5)18(20(2,3)4)24(15)23-11/h6-10H,1-5H3. The largest absolute Gasteiger partial charge is 0.465 e. The highest BCUT2D eigenvalue weighted by Gasteiger charge is 2.29. The van der Waals surface area contributed by atoms with E-state index in [4.69, 9.17) is 4.74 Å². The molecule has 0 spiro atoms. The molecular formula is C20H20F2N2O2. The van der Waals surface area contributed by atoms with Crippen molar-refractivity contribution in [3.63, 3.8) is 0 Å². The summed E-state index contributed by atoms with van der Waals surface area (Å²) >= 11 is 0. The molecule has 0 aliphatic rings. The summed E-state index contributed by atoms with van der Waals surface area (Å²) in [6.07, 6.45) is 0. The summed E-state index contributed by atoms with van der Waals surface area (Å²) < 4.78 is 35.2. The third-order valence-corrected chi connectivity index (χ3v) is 4.30. The Morgan fingerprint density at radius 2 is 1.69 bits per heavy atom. The van der Waals surface area contributed by atoms with Crippen molar-refractivity contribution in [3.05, 3.63) is 58.9 Å². The molecule has 0 saturated heterocycles. The van der Waals surface area contributed by atoms with E-state index in [2.05, 4.69) is 5.10 Å². The van der Waals surface area contributed by atoms with Crippen LogP contribution in [0.5, 0.6) is 0 Å². The first-order valence-electron chi connectivity index (χ1n) is 8.22. The SMILES string of the molecule is COC(=O)c1ccc2c(-c3c(F)cccc3F)c(C)nn2c1C(C)(C)C. The molecule has 0 aliphatic heterocycles. The molecule has 2 aromatic heterocycles. The van der Waals surface area contributed by atoms with E-state index in [-0.39, 0.29) is 5.56 Å². The lowest BCUT2D eigenvalue weighted by Gasteiger charge is -2.23. The van der Waals surface area contributed by atoms with Gasteiger partial charge in [-0.05, 0) is 31.2 Å². The van der Waals surface area contributed by atoms with Gasteiger partial charge in [0.05, 0.1) is 35.1 Å². The maximum Gasteiger partial charge on any atom is 0.339 e. The Bertz CT molecular complexity index is 997. The van der Waals surface area contributed by atoms with Crippen LogP contribution in [-0.4, -0.2) is 22.7 Å². The second kappa shape index (κ2) is 6.20. The van der Waals surface area contributed by atoms with Crippen LogP contribution < -0.4 is 0 Å². The number of esters is 1. The Hall–Kier alpha value is -2.76. The highest BCUT2D eigenvalue weighted by molar-refractivity contribution is 5.93. The van der Waals surface area contributed by atoms with Gasteiger partial charge in [-0.2, -0.15) is 5.10 Å². The number of hydrogen-bond donors (Lipinski definition) is 0. The van der Waals surface area contributed by atoms with E-state index >= 15 is 0 Å². The van der Waals surface area contributed by atoms with Crippen LogP contribution in [0.1, 0.15) is 42.5 Å². The molecule has 6 heteroatoms. The van der Waals surface area contributed by atoms with E-state index in [1.165, 1.54) is 25.3 Å². The van der Waals surface area contributed by atoms with Crippen molar-refractivity contribution >= 4 is 11.5 Å². The van der Waals surface area contributed by atoms with Crippen LogP contribution >= 0.6 is 0 Å². The average molecular weight is 358 g/mol. The molecule has 0 bridgehead atoms. The van der Waals surface area contributed by atoms with Crippen LogP contribution in [0.2, 0.25) is 0 Å². The van der Waals surface area contributed by atoms with Crippen LogP contribution in [-0.2, 0) is 10.2 Å².